The lowest BCUT2D eigenvalue weighted by Crippen LogP contribution is -2.56. The molecule has 1 aromatic heterocycles. The number of rotatable bonds is 2. The number of nitrogens with zero attached hydrogens (tertiary/aromatic N) is 1. The van der Waals surface area contributed by atoms with Gasteiger partial charge in [-0.2, -0.15) is 4.31 Å². The van der Waals surface area contributed by atoms with E-state index in [1.54, 1.807) is 10.4 Å². The Morgan fingerprint density at radius 1 is 1.29 bits per heavy atom. The van der Waals surface area contributed by atoms with Crippen molar-refractivity contribution in [2.24, 2.45) is 0 Å². The van der Waals surface area contributed by atoms with Crippen LogP contribution in [0.15, 0.2) is 16.3 Å². The number of thiophene rings is 1. The zero-order valence-electron chi connectivity index (χ0n) is 10.3. The third-order valence-corrected chi connectivity index (χ3v) is 6.59. The van der Waals surface area contributed by atoms with Gasteiger partial charge in [0, 0.05) is 30.1 Å². The lowest BCUT2D eigenvalue weighted by molar-refractivity contribution is 0.220. The van der Waals surface area contributed by atoms with Gasteiger partial charge in [0.05, 0.1) is 0 Å². The van der Waals surface area contributed by atoms with Crippen LogP contribution in [0, 0.1) is 6.92 Å². The SMILES string of the molecule is Cc1ccc(S(=O)(=O)N2C(C)CNCC2C)s1. The second kappa shape index (κ2) is 4.68. The van der Waals surface area contributed by atoms with Gasteiger partial charge in [-0.15, -0.1) is 11.3 Å². The molecule has 1 aliphatic heterocycles. The first-order chi connectivity index (χ1) is 7.93. The highest BCUT2D eigenvalue weighted by molar-refractivity contribution is 7.91. The molecule has 4 nitrogen and oxygen atoms in total. The van der Waals surface area contributed by atoms with E-state index in [9.17, 15) is 8.42 Å². The number of piperazine rings is 1. The Bertz CT molecular complexity index is 485. The van der Waals surface area contributed by atoms with E-state index in [0.29, 0.717) is 17.3 Å². The summed E-state index contributed by atoms with van der Waals surface area (Å²) in [6, 6.07) is 3.57. The first-order valence-electron chi connectivity index (χ1n) is 5.73. The van der Waals surface area contributed by atoms with Crippen molar-refractivity contribution in [3.8, 4) is 0 Å². The van der Waals surface area contributed by atoms with Gasteiger partial charge in [-0.05, 0) is 32.9 Å². The number of aryl methyl sites for hydroxylation is 1. The van der Waals surface area contributed by atoms with Gasteiger partial charge in [0.15, 0.2) is 0 Å². The average Bonchev–Trinajstić information content (AvgIpc) is 2.64. The smallest absolute Gasteiger partial charge is 0.253 e. The minimum atomic E-state index is -3.33. The van der Waals surface area contributed by atoms with Crippen LogP contribution in [0.2, 0.25) is 0 Å². The second-order valence-corrected chi connectivity index (χ2v) is 7.91. The average molecular weight is 274 g/mol. The molecule has 0 radical (unpaired) electrons. The van der Waals surface area contributed by atoms with Crippen molar-refractivity contribution in [1.29, 1.82) is 0 Å². The maximum atomic E-state index is 12.5. The van der Waals surface area contributed by atoms with Crippen molar-refractivity contribution in [3.63, 3.8) is 0 Å². The van der Waals surface area contributed by atoms with E-state index in [4.69, 9.17) is 0 Å². The Morgan fingerprint density at radius 3 is 2.35 bits per heavy atom. The fraction of sp³-hybridized carbons (Fsp3) is 0.636. The Morgan fingerprint density at radius 2 is 1.88 bits per heavy atom. The van der Waals surface area contributed by atoms with Crippen molar-refractivity contribution in [1.82, 2.24) is 9.62 Å². The molecule has 2 rings (SSSR count). The number of sulfonamides is 1. The summed E-state index contributed by atoms with van der Waals surface area (Å²) in [7, 11) is -3.33. The largest absolute Gasteiger partial charge is 0.314 e. The van der Waals surface area contributed by atoms with Crippen molar-refractivity contribution < 1.29 is 8.42 Å². The highest BCUT2D eigenvalue weighted by Gasteiger charge is 2.36. The molecule has 0 aromatic carbocycles. The molecule has 0 saturated carbocycles. The number of nitrogens with one attached hydrogen (secondary N) is 1. The zero-order valence-corrected chi connectivity index (χ0v) is 11.9. The van der Waals surface area contributed by atoms with Gasteiger partial charge in [-0.3, -0.25) is 0 Å². The van der Waals surface area contributed by atoms with Crippen LogP contribution in [0.5, 0.6) is 0 Å². The molecule has 96 valence electrons. The molecule has 1 aliphatic rings. The van der Waals surface area contributed by atoms with E-state index in [-0.39, 0.29) is 12.1 Å². The highest BCUT2D eigenvalue weighted by Crippen LogP contribution is 2.27. The fourth-order valence-electron chi connectivity index (χ4n) is 2.24. The van der Waals surface area contributed by atoms with E-state index < -0.39 is 10.0 Å². The van der Waals surface area contributed by atoms with E-state index >= 15 is 0 Å². The molecule has 2 unspecified atom stereocenters. The summed E-state index contributed by atoms with van der Waals surface area (Å²) in [6.07, 6.45) is 0. The molecule has 17 heavy (non-hydrogen) atoms. The maximum absolute atomic E-state index is 12.5. The quantitative estimate of drug-likeness (QED) is 0.887. The Hall–Kier alpha value is -0.430. The van der Waals surface area contributed by atoms with Gasteiger partial charge < -0.3 is 5.32 Å². The normalized spacial score (nSPS) is 27.2. The predicted molar refractivity (Wildman–Crippen MR) is 69.9 cm³/mol. The monoisotopic (exact) mass is 274 g/mol. The Kier molecular flexibility index (Phi) is 3.58. The first kappa shape index (κ1) is 13.0. The van der Waals surface area contributed by atoms with Gasteiger partial charge in [0.25, 0.3) is 10.0 Å². The van der Waals surface area contributed by atoms with Crippen LogP contribution in [0.25, 0.3) is 0 Å². The summed E-state index contributed by atoms with van der Waals surface area (Å²) in [5, 5.41) is 3.24. The Labute approximate surface area is 107 Å². The van der Waals surface area contributed by atoms with Gasteiger partial charge in [-0.1, -0.05) is 0 Å². The summed E-state index contributed by atoms with van der Waals surface area (Å²) < 4.78 is 27.1. The van der Waals surface area contributed by atoms with Crippen LogP contribution in [-0.2, 0) is 10.0 Å². The van der Waals surface area contributed by atoms with Crippen LogP contribution < -0.4 is 5.32 Å². The van der Waals surface area contributed by atoms with Crippen LogP contribution >= 0.6 is 11.3 Å². The standard InChI is InChI=1S/C11H18N2O2S2/c1-8-6-12-7-9(2)13(8)17(14,15)11-5-4-10(3)16-11/h4-5,8-9,12H,6-7H2,1-3H3. The highest BCUT2D eigenvalue weighted by atomic mass is 32.2. The third kappa shape index (κ3) is 2.40. The van der Waals surface area contributed by atoms with E-state index in [1.165, 1.54) is 11.3 Å². The van der Waals surface area contributed by atoms with Crippen molar-refractivity contribution >= 4 is 21.4 Å². The number of hydrogen-bond donors (Lipinski definition) is 1. The van der Waals surface area contributed by atoms with Crippen LogP contribution in [0.3, 0.4) is 0 Å². The van der Waals surface area contributed by atoms with E-state index in [1.807, 2.05) is 26.8 Å². The molecule has 0 aliphatic carbocycles. The molecule has 0 spiro atoms. The van der Waals surface area contributed by atoms with Gasteiger partial charge in [0.1, 0.15) is 4.21 Å². The summed E-state index contributed by atoms with van der Waals surface area (Å²) in [5.74, 6) is 0. The molecule has 0 amide bonds. The van der Waals surface area contributed by atoms with Gasteiger partial charge >= 0.3 is 0 Å². The topological polar surface area (TPSA) is 49.4 Å². The summed E-state index contributed by atoms with van der Waals surface area (Å²) >= 11 is 1.34. The molecule has 6 heteroatoms. The molecule has 1 saturated heterocycles. The second-order valence-electron chi connectivity index (χ2n) is 4.56. The molecular weight excluding hydrogens is 256 g/mol. The van der Waals surface area contributed by atoms with Crippen LogP contribution in [0.4, 0.5) is 0 Å². The molecular formula is C11H18N2O2S2. The zero-order chi connectivity index (χ0) is 12.6. The molecule has 1 fully saturated rings. The molecule has 1 N–H and O–H groups in total. The predicted octanol–water partition coefficient (Wildman–Crippen LogP) is 1.43. The number of hydrogen-bond acceptors (Lipinski definition) is 4. The summed E-state index contributed by atoms with van der Waals surface area (Å²) in [6.45, 7) is 7.25. The fourth-order valence-corrected chi connectivity index (χ4v) is 5.45. The van der Waals surface area contributed by atoms with Gasteiger partial charge in [0.2, 0.25) is 0 Å². The minimum absolute atomic E-state index is 0.00570. The van der Waals surface area contributed by atoms with Crippen molar-refractivity contribution in [2.75, 3.05) is 13.1 Å². The summed E-state index contributed by atoms with van der Waals surface area (Å²) in [5.41, 5.74) is 0. The van der Waals surface area contributed by atoms with Gasteiger partial charge in [-0.25, -0.2) is 8.42 Å². The van der Waals surface area contributed by atoms with E-state index in [2.05, 4.69) is 5.32 Å². The summed E-state index contributed by atoms with van der Waals surface area (Å²) in [4.78, 5) is 1.03. The molecule has 2 heterocycles. The van der Waals surface area contributed by atoms with Crippen LogP contribution in [-0.4, -0.2) is 37.9 Å². The molecule has 1 aromatic rings. The van der Waals surface area contributed by atoms with Crippen molar-refractivity contribution in [2.45, 2.75) is 37.1 Å². The maximum Gasteiger partial charge on any atom is 0.253 e. The minimum Gasteiger partial charge on any atom is -0.314 e. The lowest BCUT2D eigenvalue weighted by Gasteiger charge is -2.37. The molecule has 2 atom stereocenters. The van der Waals surface area contributed by atoms with E-state index in [0.717, 1.165) is 4.88 Å². The molecule has 0 bridgehead atoms. The van der Waals surface area contributed by atoms with Crippen LogP contribution in [0.1, 0.15) is 18.7 Å². The third-order valence-electron chi connectivity index (χ3n) is 3.00. The first-order valence-corrected chi connectivity index (χ1v) is 7.99. The lowest BCUT2D eigenvalue weighted by atomic mass is 10.2. The van der Waals surface area contributed by atoms with Crippen molar-refractivity contribution in [3.05, 3.63) is 17.0 Å². The Balaban J connectivity index is 2.37.